The standard InChI is InChI=1S/C9H9F2N3O2/c1-16-8-6(10)3-2-5(7(8)11)4-13-14-9(12)15/h2-4H,1H3,(H3,12,14,15). The molecule has 5 nitrogen and oxygen atoms in total. The van der Waals surface area contributed by atoms with Gasteiger partial charge in [0.15, 0.2) is 17.4 Å². The van der Waals surface area contributed by atoms with Crippen molar-refractivity contribution in [3.8, 4) is 5.75 Å². The van der Waals surface area contributed by atoms with Crippen molar-refractivity contribution in [3.63, 3.8) is 0 Å². The van der Waals surface area contributed by atoms with Gasteiger partial charge < -0.3 is 10.5 Å². The molecular weight excluding hydrogens is 220 g/mol. The first kappa shape index (κ1) is 11.9. The fourth-order valence-corrected chi connectivity index (χ4v) is 1.000. The molecule has 0 fully saturated rings. The minimum absolute atomic E-state index is 0.0352. The summed E-state index contributed by atoms with van der Waals surface area (Å²) in [5.74, 6) is -2.24. The highest BCUT2D eigenvalue weighted by atomic mass is 19.1. The second-order valence-corrected chi connectivity index (χ2v) is 2.72. The van der Waals surface area contributed by atoms with Gasteiger partial charge >= 0.3 is 6.03 Å². The fourth-order valence-electron chi connectivity index (χ4n) is 1.000. The van der Waals surface area contributed by atoms with Crippen LogP contribution in [0.3, 0.4) is 0 Å². The van der Waals surface area contributed by atoms with E-state index in [4.69, 9.17) is 5.73 Å². The maximum Gasteiger partial charge on any atom is 0.332 e. The van der Waals surface area contributed by atoms with Crippen LogP contribution in [0.25, 0.3) is 0 Å². The van der Waals surface area contributed by atoms with Gasteiger partial charge in [0, 0.05) is 5.56 Å². The first-order valence-corrected chi connectivity index (χ1v) is 4.16. The third-order valence-electron chi connectivity index (χ3n) is 1.66. The first-order valence-electron chi connectivity index (χ1n) is 4.16. The summed E-state index contributed by atoms with van der Waals surface area (Å²) in [6.07, 6.45) is 0.988. The Morgan fingerprint density at radius 2 is 2.25 bits per heavy atom. The molecule has 2 amide bonds. The van der Waals surface area contributed by atoms with Gasteiger partial charge in [0.05, 0.1) is 13.3 Å². The number of primary amides is 1. The number of urea groups is 1. The highest BCUT2D eigenvalue weighted by molar-refractivity contribution is 5.82. The monoisotopic (exact) mass is 229 g/mol. The lowest BCUT2D eigenvalue weighted by atomic mass is 10.2. The van der Waals surface area contributed by atoms with Crippen molar-refractivity contribution in [2.75, 3.05) is 7.11 Å². The number of carbonyl (C=O) groups excluding carboxylic acids is 1. The van der Waals surface area contributed by atoms with E-state index in [9.17, 15) is 13.6 Å². The number of ether oxygens (including phenoxy) is 1. The number of nitrogens with zero attached hydrogens (tertiary/aromatic N) is 1. The Bertz CT molecular complexity index is 435. The lowest BCUT2D eigenvalue weighted by Gasteiger charge is -2.04. The predicted octanol–water partition coefficient (Wildman–Crippen LogP) is 0.976. The highest BCUT2D eigenvalue weighted by Gasteiger charge is 2.12. The van der Waals surface area contributed by atoms with Gasteiger partial charge in [-0.3, -0.25) is 0 Å². The molecule has 0 aliphatic carbocycles. The lowest BCUT2D eigenvalue weighted by molar-refractivity contribution is 0.249. The van der Waals surface area contributed by atoms with Crippen LogP contribution in [0.5, 0.6) is 5.75 Å². The molecule has 86 valence electrons. The molecule has 0 aromatic heterocycles. The van der Waals surface area contributed by atoms with Crippen LogP contribution >= 0.6 is 0 Å². The summed E-state index contributed by atoms with van der Waals surface area (Å²) in [7, 11) is 1.14. The van der Waals surface area contributed by atoms with Crippen LogP contribution < -0.4 is 15.9 Å². The Labute approximate surface area is 89.9 Å². The van der Waals surface area contributed by atoms with E-state index in [1.165, 1.54) is 0 Å². The molecule has 3 N–H and O–H groups in total. The number of hydrogen-bond donors (Lipinski definition) is 2. The van der Waals surface area contributed by atoms with Crippen LogP contribution in [-0.4, -0.2) is 19.4 Å². The average molecular weight is 229 g/mol. The maximum absolute atomic E-state index is 13.5. The fraction of sp³-hybridized carbons (Fsp3) is 0.111. The smallest absolute Gasteiger partial charge is 0.332 e. The van der Waals surface area contributed by atoms with Crippen LogP contribution in [0.2, 0.25) is 0 Å². The molecule has 0 saturated heterocycles. The number of nitrogens with two attached hydrogens (primary N) is 1. The molecule has 0 unspecified atom stereocenters. The topological polar surface area (TPSA) is 76.7 Å². The lowest BCUT2D eigenvalue weighted by Crippen LogP contribution is -2.24. The van der Waals surface area contributed by atoms with E-state index >= 15 is 0 Å². The zero-order valence-electron chi connectivity index (χ0n) is 8.33. The molecule has 1 aromatic carbocycles. The third kappa shape index (κ3) is 2.66. The van der Waals surface area contributed by atoms with Crippen molar-refractivity contribution in [2.24, 2.45) is 10.8 Å². The summed E-state index contributed by atoms with van der Waals surface area (Å²) >= 11 is 0. The summed E-state index contributed by atoms with van der Waals surface area (Å²) in [6.45, 7) is 0. The minimum Gasteiger partial charge on any atom is -0.491 e. The summed E-state index contributed by atoms with van der Waals surface area (Å²) in [5.41, 5.74) is 6.58. The van der Waals surface area contributed by atoms with Crippen LogP contribution in [0.15, 0.2) is 17.2 Å². The Balaban J connectivity index is 2.98. The van der Waals surface area contributed by atoms with Gasteiger partial charge in [0.1, 0.15) is 0 Å². The summed E-state index contributed by atoms with van der Waals surface area (Å²) in [6, 6.07) is 1.29. The molecule has 0 radical (unpaired) electrons. The number of hydrazone groups is 1. The summed E-state index contributed by atoms with van der Waals surface area (Å²) in [5, 5.41) is 3.34. The van der Waals surface area contributed by atoms with E-state index in [1.54, 1.807) is 0 Å². The van der Waals surface area contributed by atoms with Gasteiger partial charge in [0.2, 0.25) is 0 Å². The molecule has 0 heterocycles. The van der Waals surface area contributed by atoms with Crippen molar-refractivity contribution >= 4 is 12.2 Å². The summed E-state index contributed by atoms with van der Waals surface area (Å²) in [4.78, 5) is 10.3. The maximum atomic E-state index is 13.5. The molecular formula is C9H9F2N3O2. The van der Waals surface area contributed by atoms with E-state index in [1.807, 2.05) is 5.43 Å². The number of rotatable bonds is 3. The molecule has 0 bridgehead atoms. The van der Waals surface area contributed by atoms with E-state index < -0.39 is 23.4 Å². The number of benzene rings is 1. The normalized spacial score (nSPS) is 10.4. The van der Waals surface area contributed by atoms with E-state index in [0.717, 1.165) is 25.5 Å². The van der Waals surface area contributed by atoms with Crippen molar-refractivity contribution in [3.05, 3.63) is 29.3 Å². The van der Waals surface area contributed by atoms with Crippen molar-refractivity contribution in [2.45, 2.75) is 0 Å². The van der Waals surface area contributed by atoms with Gasteiger partial charge in [-0.2, -0.15) is 5.10 Å². The highest BCUT2D eigenvalue weighted by Crippen LogP contribution is 2.22. The Hall–Kier alpha value is -2.18. The molecule has 0 spiro atoms. The van der Waals surface area contributed by atoms with E-state index in [0.29, 0.717) is 0 Å². The van der Waals surface area contributed by atoms with Crippen LogP contribution in [0.4, 0.5) is 13.6 Å². The summed E-state index contributed by atoms with van der Waals surface area (Å²) < 4.78 is 31.0. The van der Waals surface area contributed by atoms with Gasteiger partial charge in [-0.1, -0.05) is 0 Å². The predicted molar refractivity (Wildman–Crippen MR) is 53.2 cm³/mol. The largest absolute Gasteiger partial charge is 0.491 e. The number of nitrogens with one attached hydrogen (secondary N) is 1. The zero-order chi connectivity index (χ0) is 12.1. The van der Waals surface area contributed by atoms with Crippen molar-refractivity contribution < 1.29 is 18.3 Å². The number of amides is 2. The van der Waals surface area contributed by atoms with Gasteiger partial charge in [-0.25, -0.2) is 19.0 Å². The first-order chi connectivity index (χ1) is 7.56. The van der Waals surface area contributed by atoms with Crippen molar-refractivity contribution in [1.82, 2.24) is 5.43 Å². The van der Waals surface area contributed by atoms with Crippen molar-refractivity contribution in [1.29, 1.82) is 0 Å². The minimum atomic E-state index is -0.905. The van der Waals surface area contributed by atoms with E-state index in [-0.39, 0.29) is 5.56 Å². The third-order valence-corrected chi connectivity index (χ3v) is 1.66. The molecule has 16 heavy (non-hydrogen) atoms. The molecule has 0 saturated carbocycles. The number of hydrogen-bond acceptors (Lipinski definition) is 3. The van der Waals surface area contributed by atoms with Gasteiger partial charge in [-0.15, -0.1) is 0 Å². The van der Waals surface area contributed by atoms with Crippen LogP contribution in [-0.2, 0) is 0 Å². The average Bonchev–Trinajstić information content (AvgIpc) is 2.22. The number of carbonyl (C=O) groups is 1. The zero-order valence-corrected chi connectivity index (χ0v) is 8.33. The molecule has 0 aliphatic heterocycles. The SMILES string of the molecule is COc1c(F)ccc(C=NNC(N)=O)c1F. The molecule has 0 aliphatic rings. The number of halogens is 2. The molecule has 7 heteroatoms. The van der Waals surface area contributed by atoms with Crippen LogP contribution in [0.1, 0.15) is 5.56 Å². The Morgan fingerprint density at radius 3 is 2.81 bits per heavy atom. The molecule has 0 atom stereocenters. The quantitative estimate of drug-likeness (QED) is 0.598. The second kappa shape index (κ2) is 5.06. The second-order valence-electron chi connectivity index (χ2n) is 2.72. The Kier molecular flexibility index (Phi) is 3.76. The van der Waals surface area contributed by atoms with Gasteiger partial charge in [0.25, 0.3) is 0 Å². The number of methoxy groups -OCH3 is 1. The van der Waals surface area contributed by atoms with Crippen LogP contribution in [0, 0.1) is 11.6 Å². The molecule has 1 rings (SSSR count). The Morgan fingerprint density at radius 1 is 1.56 bits per heavy atom. The van der Waals surface area contributed by atoms with E-state index in [2.05, 4.69) is 9.84 Å². The van der Waals surface area contributed by atoms with Gasteiger partial charge in [-0.05, 0) is 12.1 Å². The molecule has 1 aromatic rings.